The first kappa shape index (κ1) is 13.1. The standard InChI is InChI=1S/C14H12ClN3OS/c1-16-14-12(17-18-20-14)8-19-13-7-6-11(15)9-4-2-3-5-10(9)13/h2-7,16H,8H2,1H3. The van der Waals surface area contributed by atoms with Crippen molar-refractivity contribution >= 4 is 38.9 Å². The molecular formula is C14H12ClN3OS. The molecular weight excluding hydrogens is 294 g/mol. The summed E-state index contributed by atoms with van der Waals surface area (Å²) in [6, 6.07) is 11.6. The maximum absolute atomic E-state index is 6.19. The van der Waals surface area contributed by atoms with Gasteiger partial charge in [0.25, 0.3) is 0 Å². The Kier molecular flexibility index (Phi) is 3.71. The zero-order chi connectivity index (χ0) is 13.9. The van der Waals surface area contributed by atoms with Gasteiger partial charge in [0.1, 0.15) is 23.1 Å². The molecule has 0 radical (unpaired) electrons. The number of halogens is 1. The summed E-state index contributed by atoms with van der Waals surface area (Å²) >= 11 is 7.51. The fourth-order valence-electron chi connectivity index (χ4n) is 2.00. The molecule has 20 heavy (non-hydrogen) atoms. The predicted molar refractivity (Wildman–Crippen MR) is 82.7 cm³/mol. The van der Waals surface area contributed by atoms with E-state index in [0.29, 0.717) is 6.61 Å². The predicted octanol–water partition coefficient (Wildman–Crippen LogP) is 3.97. The van der Waals surface area contributed by atoms with Crippen molar-refractivity contribution in [3.8, 4) is 5.75 Å². The molecule has 0 aliphatic carbocycles. The molecule has 6 heteroatoms. The van der Waals surface area contributed by atoms with Crippen LogP contribution in [0.3, 0.4) is 0 Å². The van der Waals surface area contributed by atoms with Gasteiger partial charge in [-0.15, -0.1) is 5.10 Å². The quantitative estimate of drug-likeness (QED) is 0.792. The number of hydrogen-bond donors (Lipinski definition) is 1. The fraction of sp³-hybridized carbons (Fsp3) is 0.143. The summed E-state index contributed by atoms with van der Waals surface area (Å²) in [5, 5.41) is 10.7. The van der Waals surface area contributed by atoms with Crippen molar-refractivity contribution in [3.63, 3.8) is 0 Å². The summed E-state index contributed by atoms with van der Waals surface area (Å²) in [5.41, 5.74) is 0.802. The highest BCUT2D eigenvalue weighted by Crippen LogP contribution is 2.32. The zero-order valence-corrected chi connectivity index (χ0v) is 12.3. The van der Waals surface area contributed by atoms with E-state index in [1.54, 1.807) is 0 Å². The van der Waals surface area contributed by atoms with Crippen LogP contribution in [0.2, 0.25) is 5.02 Å². The van der Waals surface area contributed by atoms with Crippen molar-refractivity contribution in [3.05, 3.63) is 47.1 Å². The van der Waals surface area contributed by atoms with Crippen LogP contribution in [0, 0.1) is 0 Å². The largest absolute Gasteiger partial charge is 0.486 e. The first-order valence-corrected chi connectivity index (χ1v) is 7.24. The maximum Gasteiger partial charge on any atom is 0.136 e. The summed E-state index contributed by atoms with van der Waals surface area (Å²) in [6.07, 6.45) is 0. The molecule has 3 rings (SSSR count). The van der Waals surface area contributed by atoms with Crippen LogP contribution in [-0.2, 0) is 6.61 Å². The smallest absolute Gasteiger partial charge is 0.136 e. The second kappa shape index (κ2) is 5.64. The van der Waals surface area contributed by atoms with Crippen LogP contribution in [0.1, 0.15) is 5.69 Å². The lowest BCUT2D eigenvalue weighted by atomic mass is 10.1. The van der Waals surface area contributed by atoms with Gasteiger partial charge in [0, 0.05) is 34.4 Å². The summed E-state index contributed by atoms with van der Waals surface area (Å²) in [6.45, 7) is 0.373. The lowest BCUT2D eigenvalue weighted by Gasteiger charge is -2.09. The molecule has 0 aliphatic rings. The molecule has 0 bridgehead atoms. The molecule has 4 nitrogen and oxygen atoms in total. The first-order chi connectivity index (χ1) is 9.79. The summed E-state index contributed by atoms with van der Waals surface area (Å²) in [4.78, 5) is 0. The molecule has 1 heterocycles. The summed E-state index contributed by atoms with van der Waals surface area (Å²) < 4.78 is 9.78. The summed E-state index contributed by atoms with van der Waals surface area (Å²) in [7, 11) is 1.84. The highest BCUT2D eigenvalue weighted by Gasteiger charge is 2.09. The number of nitrogens with one attached hydrogen (secondary N) is 1. The van der Waals surface area contributed by atoms with Crippen LogP contribution >= 0.6 is 23.1 Å². The van der Waals surface area contributed by atoms with Gasteiger partial charge in [-0.25, -0.2) is 0 Å². The zero-order valence-electron chi connectivity index (χ0n) is 10.8. The molecule has 0 amide bonds. The number of aromatic nitrogens is 2. The monoisotopic (exact) mass is 305 g/mol. The average Bonchev–Trinajstić information content (AvgIpc) is 2.94. The number of nitrogens with zero attached hydrogens (tertiary/aromatic N) is 2. The lowest BCUT2D eigenvalue weighted by molar-refractivity contribution is 0.305. The van der Waals surface area contributed by atoms with Crippen LogP contribution in [0.15, 0.2) is 36.4 Å². The molecule has 3 aromatic rings. The molecule has 0 fully saturated rings. The molecule has 1 N–H and O–H groups in total. The van der Waals surface area contributed by atoms with Gasteiger partial charge in [-0.1, -0.05) is 40.4 Å². The second-order valence-electron chi connectivity index (χ2n) is 4.18. The molecule has 0 aliphatic heterocycles. The van der Waals surface area contributed by atoms with Crippen molar-refractivity contribution in [2.75, 3.05) is 12.4 Å². The van der Waals surface area contributed by atoms with Gasteiger partial charge >= 0.3 is 0 Å². The van der Waals surface area contributed by atoms with Crippen LogP contribution in [0.5, 0.6) is 5.75 Å². The molecule has 0 spiro atoms. The van der Waals surface area contributed by atoms with E-state index in [9.17, 15) is 0 Å². The Balaban J connectivity index is 1.90. The van der Waals surface area contributed by atoms with Crippen LogP contribution < -0.4 is 10.1 Å². The van der Waals surface area contributed by atoms with Gasteiger partial charge in [-0.2, -0.15) is 0 Å². The first-order valence-electron chi connectivity index (χ1n) is 6.08. The fourth-order valence-corrected chi connectivity index (χ4v) is 2.74. The molecule has 102 valence electrons. The molecule has 2 aromatic carbocycles. The van der Waals surface area contributed by atoms with Gasteiger partial charge in [0.2, 0.25) is 0 Å². The van der Waals surface area contributed by atoms with Gasteiger partial charge in [0.05, 0.1) is 0 Å². The van der Waals surface area contributed by atoms with Crippen molar-refractivity contribution < 1.29 is 4.74 Å². The van der Waals surface area contributed by atoms with Gasteiger partial charge in [-0.3, -0.25) is 0 Å². The Morgan fingerprint density at radius 3 is 2.80 bits per heavy atom. The molecule has 0 unspecified atom stereocenters. The van der Waals surface area contributed by atoms with Gasteiger partial charge in [-0.05, 0) is 12.1 Å². The topological polar surface area (TPSA) is 47.0 Å². The Hall–Kier alpha value is -1.85. The van der Waals surface area contributed by atoms with E-state index in [4.69, 9.17) is 16.3 Å². The minimum Gasteiger partial charge on any atom is -0.486 e. The van der Waals surface area contributed by atoms with Crippen molar-refractivity contribution in [1.29, 1.82) is 0 Å². The highest BCUT2D eigenvalue weighted by molar-refractivity contribution is 7.10. The van der Waals surface area contributed by atoms with E-state index in [2.05, 4.69) is 14.9 Å². The molecule has 1 aromatic heterocycles. The normalized spacial score (nSPS) is 10.7. The molecule has 0 saturated carbocycles. The van der Waals surface area contributed by atoms with E-state index in [0.717, 1.165) is 32.2 Å². The van der Waals surface area contributed by atoms with Crippen LogP contribution in [0.25, 0.3) is 10.8 Å². The van der Waals surface area contributed by atoms with Crippen molar-refractivity contribution in [2.24, 2.45) is 0 Å². The SMILES string of the molecule is CNc1snnc1COc1ccc(Cl)c2ccccc12. The number of rotatable bonds is 4. The summed E-state index contributed by atoms with van der Waals surface area (Å²) in [5.74, 6) is 0.792. The highest BCUT2D eigenvalue weighted by atomic mass is 35.5. The van der Waals surface area contributed by atoms with Gasteiger partial charge in [0.15, 0.2) is 0 Å². The van der Waals surface area contributed by atoms with Crippen LogP contribution in [0.4, 0.5) is 5.00 Å². The Morgan fingerprint density at radius 1 is 1.20 bits per heavy atom. The van der Waals surface area contributed by atoms with E-state index in [1.807, 2.05) is 43.4 Å². The van der Waals surface area contributed by atoms with E-state index < -0.39 is 0 Å². The number of ether oxygens (including phenoxy) is 1. The van der Waals surface area contributed by atoms with E-state index >= 15 is 0 Å². The van der Waals surface area contributed by atoms with Gasteiger partial charge < -0.3 is 10.1 Å². The third kappa shape index (κ3) is 2.42. The molecule has 0 atom stereocenters. The minimum absolute atomic E-state index is 0.373. The van der Waals surface area contributed by atoms with Crippen LogP contribution in [-0.4, -0.2) is 16.6 Å². The minimum atomic E-state index is 0.373. The number of benzene rings is 2. The second-order valence-corrected chi connectivity index (χ2v) is 5.34. The molecule has 0 saturated heterocycles. The Morgan fingerprint density at radius 2 is 2.00 bits per heavy atom. The Bertz CT molecular complexity index is 744. The van der Waals surface area contributed by atoms with E-state index in [1.165, 1.54) is 11.5 Å². The third-order valence-electron chi connectivity index (χ3n) is 2.98. The van der Waals surface area contributed by atoms with E-state index in [-0.39, 0.29) is 0 Å². The maximum atomic E-state index is 6.19. The number of anilines is 1. The number of fused-ring (bicyclic) bond motifs is 1. The van der Waals surface area contributed by atoms with Crippen molar-refractivity contribution in [1.82, 2.24) is 9.59 Å². The lowest BCUT2D eigenvalue weighted by Crippen LogP contribution is -2.00. The number of hydrogen-bond acceptors (Lipinski definition) is 5. The van der Waals surface area contributed by atoms with Crippen molar-refractivity contribution in [2.45, 2.75) is 6.61 Å². The average molecular weight is 306 g/mol. The third-order valence-corrected chi connectivity index (χ3v) is 4.09. The Labute approximate surface area is 125 Å².